The second-order valence-electron chi connectivity index (χ2n) is 7.63. The van der Waals surface area contributed by atoms with Gasteiger partial charge in [0.15, 0.2) is 11.6 Å². The molecule has 2 unspecified atom stereocenters. The number of piperidine rings is 1. The number of likely N-dealkylation sites (tertiary alicyclic amines) is 1. The fourth-order valence-corrected chi connectivity index (χ4v) is 4.44. The fraction of sp³-hybridized carbons (Fsp3) is 0.429. The van der Waals surface area contributed by atoms with Crippen molar-refractivity contribution in [1.82, 2.24) is 4.90 Å². The minimum absolute atomic E-state index is 0.190. The lowest BCUT2D eigenvalue weighted by Gasteiger charge is -2.20. The van der Waals surface area contributed by atoms with Crippen LogP contribution in [0.25, 0.3) is 0 Å². The van der Waals surface area contributed by atoms with E-state index in [0.717, 1.165) is 31.1 Å². The van der Waals surface area contributed by atoms with E-state index >= 15 is 0 Å². The van der Waals surface area contributed by atoms with Crippen LogP contribution in [0.1, 0.15) is 17.5 Å². The Morgan fingerprint density at radius 3 is 2.43 bits per heavy atom. The van der Waals surface area contributed by atoms with Gasteiger partial charge in [0.25, 0.3) is 0 Å². The zero-order chi connectivity index (χ0) is 19.9. The number of alkyl halides is 3. The number of ether oxygens (including phenoxy) is 1. The van der Waals surface area contributed by atoms with E-state index in [-0.39, 0.29) is 5.75 Å². The first-order valence-electron chi connectivity index (χ1n) is 9.30. The summed E-state index contributed by atoms with van der Waals surface area (Å²) >= 11 is 0. The van der Waals surface area contributed by atoms with Gasteiger partial charge in [0.2, 0.25) is 0 Å². The van der Waals surface area contributed by atoms with E-state index < -0.39 is 18.0 Å². The molecule has 2 atom stereocenters. The highest BCUT2D eigenvalue weighted by Gasteiger charge is 2.54. The van der Waals surface area contributed by atoms with Gasteiger partial charge in [0.05, 0.1) is 0 Å². The smallest absolute Gasteiger partial charge is 0.406 e. The van der Waals surface area contributed by atoms with Gasteiger partial charge in [0.1, 0.15) is 5.75 Å². The summed E-state index contributed by atoms with van der Waals surface area (Å²) in [5, 5.41) is 0. The quantitative estimate of drug-likeness (QED) is 0.624. The molecule has 2 aromatic carbocycles. The van der Waals surface area contributed by atoms with Gasteiger partial charge >= 0.3 is 6.36 Å². The number of aryl methyl sites for hydroxylation is 1. The Balaban J connectivity index is 1.26. The molecule has 28 heavy (non-hydrogen) atoms. The van der Waals surface area contributed by atoms with E-state index in [1.165, 1.54) is 18.2 Å². The summed E-state index contributed by atoms with van der Waals surface area (Å²) in [5.41, 5.74) is 1.20. The molecule has 2 aromatic rings. The summed E-state index contributed by atoms with van der Waals surface area (Å²) in [6, 6.07) is 10.3. The van der Waals surface area contributed by atoms with Crippen LogP contribution in [0.15, 0.2) is 42.5 Å². The van der Waals surface area contributed by atoms with Crippen molar-refractivity contribution < 1.29 is 26.7 Å². The molecule has 0 amide bonds. The summed E-state index contributed by atoms with van der Waals surface area (Å²) < 4.78 is 68.0. The molecule has 0 N–H and O–H groups in total. The molecule has 0 bridgehead atoms. The van der Waals surface area contributed by atoms with Crippen LogP contribution in [-0.4, -0.2) is 24.4 Å². The Morgan fingerprint density at radius 1 is 1.00 bits per heavy atom. The number of fused-ring (bicyclic) bond motifs is 1. The van der Waals surface area contributed by atoms with E-state index in [0.29, 0.717) is 36.3 Å². The Hall–Kier alpha value is -2.15. The maximum atomic E-state index is 13.8. The summed E-state index contributed by atoms with van der Waals surface area (Å²) in [5.74, 6) is -0.181. The highest BCUT2D eigenvalue weighted by Crippen LogP contribution is 2.54. The molecule has 7 heteroatoms. The van der Waals surface area contributed by atoms with Gasteiger partial charge in [-0.25, -0.2) is 8.78 Å². The van der Waals surface area contributed by atoms with Gasteiger partial charge in [-0.3, -0.25) is 4.90 Å². The molecule has 2 aliphatic rings. The van der Waals surface area contributed by atoms with Crippen LogP contribution < -0.4 is 4.74 Å². The summed E-state index contributed by atoms with van der Waals surface area (Å²) in [6.45, 7) is 2.10. The molecule has 0 radical (unpaired) electrons. The van der Waals surface area contributed by atoms with Crippen molar-refractivity contribution in [2.24, 2.45) is 17.8 Å². The van der Waals surface area contributed by atoms with Crippen LogP contribution >= 0.6 is 0 Å². The van der Waals surface area contributed by atoms with Crippen molar-refractivity contribution in [3.8, 4) is 5.75 Å². The van der Waals surface area contributed by atoms with Crippen molar-refractivity contribution in [2.45, 2.75) is 25.7 Å². The summed E-state index contributed by atoms with van der Waals surface area (Å²) in [7, 11) is 0. The van der Waals surface area contributed by atoms with E-state index in [4.69, 9.17) is 0 Å². The second-order valence-corrected chi connectivity index (χ2v) is 7.63. The van der Waals surface area contributed by atoms with Gasteiger partial charge in [-0.2, -0.15) is 0 Å². The van der Waals surface area contributed by atoms with Crippen LogP contribution in [0.2, 0.25) is 0 Å². The number of hydrogen-bond donors (Lipinski definition) is 0. The van der Waals surface area contributed by atoms with Gasteiger partial charge in [-0.1, -0.05) is 24.3 Å². The molecule has 1 saturated heterocycles. The van der Waals surface area contributed by atoms with Crippen LogP contribution in [0, 0.1) is 29.4 Å². The summed E-state index contributed by atoms with van der Waals surface area (Å²) in [6.07, 6.45) is -3.07. The molecule has 1 heterocycles. The Labute approximate surface area is 159 Å². The third-order valence-corrected chi connectivity index (χ3v) is 5.77. The number of hydrogen-bond acceptors (Lipinski definition) is 2. The molecule has 1 aliphatic heterocycles. The molecular formula is C21H20F5NO. The van der Waals surface area contributed by atoms with Crippen molar-refractivity contribution in [3.63, 3.8) is 0 Å². The minimum atomic E-state index is -4.68. The first-order chi connectivity index (χ1) is 13.3. The van der Waals surface area contributed by atoms with Crippen molar-refractivity contribution in [1.29, 1.82) is 0 Å². The van der Waals surface area contributed by atoms with Crippen LogP contribution in [0.5, 0.6) is 5.75 Å². The fourth-order valence-electron chi connectivity index (χ4n) is 4.44. The van der Waals surface area contributed by atoms with Gasteiger partial charge in [-0.05, 0) is 54.4 Å². The number of benzene rings is 2. The lowest BCUT2D eigenvalue weighted by atomic mass is 10.0. The van der Waals surface area contributed by atoms with Crippen LogP contribution in [0.4, 0.5) is 22.0 Å². The number of rotatable bonds is 6. The SMILES string of the molecule is Fc1cccc(CN2CC3C(CCc4cccc(OC(F)(F)F)c4)C3C2)c1F. The monoisotopic (exact) mass is 397 g/mol. The molecule has 0 aromatic heterocycles. The topological polar surface area (TPSA) is 12.5 Å². The average Bonchev–Trinajstić information content (AvgIpc) is 3.07. The molecule has 4 rings (SSSR count). The van der Waals surface area contributed by atoms with E-state index in [1.807, 2.05) is 0 Å². The molecule has 2 fully saturated rings. The van der Waals surface area contributed by atoms with Gasteiger partial charge in [0, 0.05) is 25.2 Å². The molecule has 0 spiro atoms. The Morgan fingerprint density at radius 2 is 1.71 bits per heavy atom. The maximum absolute atomic E-state index is 13.8. The van der Waals surface area contributed by atoms with Gasteiger partial charge < -0.3 is 4.74 Å². The molecule has 1 aliphatic carbocycles. The molecular weight excluding hydrogens is 377 g/mol. The lowest BCUT2D eigenvalue weighted by Crippen LogP contribution is -2.24. The largest absolute Gasteiger partial charge is 0.573 e. The van der Waals surface area contributed by atoms with Gasteiger partial charge in [-0.15, -0.1) is 13.2 Å². The van der Waals surface area contributed by atoms with E-state index in [1.54, 1.807) is 18.2 Å². The van der Waals surface area contributed by atoms with Crippen molar-refractivity contribution in [3.05, 3.63) is 65.2 Å². The predicted octanol–water partition coefficient (Wildman–Crippen LogP) is 5.17. The molecule has 1 saturated carbocycles. The van der Waals surface area contributed by atoms with Crippen molar-refractivity contribution in [2.75, 3.05) is 13.1 Å². The molecule has 2 nitrogen and oxygen atoms in total. The Bertz CT molecular complexity index is 841. The summed E-state index contributed by atoms with van der Waals surface area (Å²) in [4.78, 5) is 2.14. The predicted molar refractivity (Wildman–Crippen MR) is 93.6 cm³/mol. The lowest BCUT2D eigenvalue weighted by molar-refractivity contribution is -0.274. The second kappa shape index (κ2) is 7.35. The minimum Gasteiger partial charge on any atom is -0.406 e. The Kier molecular flexibility index (Phi) is 5.04. The highest BCUT2D eigenvalue weighted by molar-refractivity contribution is 5.29. The standard InChI is InChI=1S/C21H20F5NO/c22-19-6-2-4-14(20(19)23)10-27-11-17-16(18(17)12-27)8-7-13-3-1-5-15(9-13)28-21(24,25)26/h1-6,9,16-18H,7-8,10-12H2. The van der Waals surface area contributed by atoms with Crippen molar-refractivity contribution >= 4 is 0 Å². The van der Waals surface area contributed by atoms with Crippen LogP contribution in [0.3, 0.4) is 0 Å². The van der Waals surface area contributed by atoms with E-state index in [9.17, 15) is 22.0 Å². The third-order valence-electron chi connectivity index (χ3n) is 5.77. The highest BCUT2D eigenvalue weighted by atomic mass is 19.4. The number of halogens is 5. The van der Waals surface area contributed by atoms with Crippen LogP contribution in [-0.2, 0) is 13.0 Å². The average molecular weight is 397 g/mol. The maximum Gasteiger partial charge on any atom is 0.573 e. The zero-order valence-electron chi connectivity index (χ0n) is 15.1. The zero-order valence-corrected chi connectivity index (χ0v) is 15.1. The normalized spacial score (nSPS) is 24.2. The van der Waals surface area contributed by atoms with E-state index in [2.05, 4.69) is 9.64 Å². The number of nitrogens with zero attached hydrogens (tertiary/aromatic N) is 1. The third kappa shape index (κ3) is 4.29. The molecule has 150 valence electrons. The first-order valence-corrected chi connectivity index (χ1v) is 9.30. The first kappa shape index (κ1) is 19.2.